The molecule has 2 atom stereocenters. The predicted molar refractivity (Wildman–Crippen MR) is 115 cm³/mol. The van der Waals surface area contributed by atoms with Gasteiger partial charge in [0.2, 0.25) is 0 Å². The zero-order valence-corrected chi connectivity index (χ0v) is 18.0. The maximum absolute atomic E-state index is 13.2. The molecule has 2 aromatic rings. The number of hydrogen-bond acceptors (Lipinski definition) is 4. The third-order valence-electron chi connectivity index (χ3n) is 6.22. The Morgan fingerprint density at radius 3 is 2.93 bits per heavy atom. The molecule has 8 heteroatoms. The Hall–Kier alpha value is -2.61. The molecular formula is C22H32N6O2. The number of likely N-dealkylation sites (tertiary alicyclic amines) is 1. The fourth-order valence-electron chi connectivity index (χ4n) is 4.85. The summed E-state index contributed by atoms with van der Waals surface area (Å²) in [4.78, 5) is 29.6. The normalized spacial score (nSPS) is 20.3. The van der Waals surface area contributed by atoms with Gasteiger partial charge in [0, 0.05) is 68.8 Å². The van der Waals surface area contributed by atoms with E-state index in [9.17, 15) is 9.59 Å². The second kappa shape index (κ2) is 9.04. The number of urea groups is 1. The van der Waals surface area contributed by atoms with Crippen molar-refractivity contribution >= 4 is 6.03 Å². The third-order valence-corrected chi connectivity index (χ3v) is 6.22. The zero-order valence-electron chi connectivity index (χ0n) is 18.0. The molecule has 4 heterocycles. The molecule has 2 aliphatic rings. The van der Waals surface area contributed by atoms with Gasteiger partial charge >= 0.3 is 6.03 Å². The van der Waals surface area contributed by atoms with Crippen LogP contribution in [0.25, 0.3) is 0 Å². The molecule has 8 nitrogen and oxygen atoms in total. The van der Waals surface area contributed by atoms with Crippen LogP contribution in [0.3, 0.4) is 0 Å². The van der Waals surface area contributed by atoms with Crippen molar-refractivity contribution in [1.82, 2.24) is 29.5 Å². The highest BCUT2D eigenvalue weighted by molar-refractivity contribution is 5.74. The van der Waals surface area contributed by atoms with Crippen molar-refractivity contribution < 1.29 is 4.79 Å². The average Bonchev–Trinajstić information content (AvgIpc) is 3.24. The smallest absolute Gasteiger partial charge is 0.317 e. The summed E-state index contributed by atoms with van der Waals surface area (Å²) < 4.78 is 3.91. The van der Waals surface area contributed by atoms with Gasteiger partial charge in [-0.1, -0.05) is 6.07 Å². The van der Waals surface area contributed by atoms with E-state index in [1.807, 2.05) is 39.4 Å². The van der Waals surface area contributed by atoms with Gasteiger partial charge in [-0.3, -0.25) is 9.48 Å². The van der Waals surface area contributed by atoms with Crippen molar-refractivity contribution in [3.05, 3.63) is 52.2 Å². The Balaban J connectivity index is 1.41. The van der Waals surface area contributed by atoms with Crippen LogP contribution >= 0.6 is 0 Å². The van der Waals surface area contributed by atoms with Crippen molar-refractivity contribution in [2.45, 2.75) is 45.3 Å². The van der Waals surface area contributed by atoms with Gasteiger partial charge in [-0.15, -0.1) is 0 Å². The Morgan fingerprint density at radius 2 is 2.17 bits per heavy atom. The van der Waals surface area contributed by atoms with E-state index in [1.54, 1.807) is 6.20 Å². The lowest BCUT2D eigenvalue weighted by atomic mass is 9.83. The van der Waals surface area contributed by atoms with Gasteiger partial charge in [0.05, 0.1) is 0 Å². The van der Waals surface area contributed by atoms with Gasteiger partial charge < -0.3 is 19.7 Å². The SMILES string of the molecule is CCNC(=O)N1C[C@@H]2C[C@H](C1)c1ccc(CN(C)CCCn3cccn3)c(=O)n1C2. The number of hydrogen-bond donors (Lipinski definition) is 1. The van der Waals surface area contributed by atoms with Crippen LogP contribution in [0, 0.1) is 5.92 Å². The van der Waals surface area contributed by atoms with E-state index in [0.717, 1.165) is 43.7 Å². The number of carbonyl (C=O) groups excluding carboxylic acids is 1. The molecule has 162 valence electrons. The predicted octanol–water partition coefficient (Wildman–Crippen LogP) is 1.72. The molecule has 2 aliphatic heterocycles. The average molecular weight is 413 g/mol. The highest BCUT2D eigenvalue weighted by Crippen LogP contribution is 2.35. The lowest BCUT2D eigenvalue weighted by molar-refractivity contribution is 0.131. The number of pyridine rings is 1. The summed E-state index contributed by atoms with van der Waals surface area (Å²) in [6.45, 7) is 7.14. The summed E-state index contributed by atoms with van der Waals surface area (Å²) in [7, 11) is 2.06. The summed E-state index contributed by atoms with van der Waals surface area (Å²) in [5.74, 6) is 0.590. The fourth-order valence-corrected chi connectivity index (χ4v) is 4.85. The van der Waals surface area contributed by atoms with Crippen LogP contribution < -0.4 is 10.9 Å². The molecule has 1 fully saturated rings. The van der Waals surface area contributed by atoms with E-state index in [-0.39, 0.29) is 17.5 Å². The highest BCUT2D eigenvalue weighted by Gasteiger charge is 2.36. The maximum atomic E-state index is 13.2. The minimum Gasteiger partial charge on any atom is -0.338 e. The molecule has 2 amide bonds. The Bertz CT molecular complexity index is 922. The van der Waals surface area contributed by atoms with Gasteiger partial charge in [-0.25, -0.2) is 4.79 Å². The van der Waals surface area contributed by atoms with Gasteiger partial charge in [0.1, 0.15) is 0 Å². The molecule has 0 radical (unpaired) electrons. The third kappa shape index (κ3) is 4.43. The molecule has 2 bridgehead atoms. The molecule has 1 saturated heterocycles. The molecule has 0 saturated carbocycles. The topological polar surface area (TPSA) is 75.4 Å². The molecule has 30 heavy (non-hydrogen) atoms. The standard InChI is InChI=1S/C22H32N6O2/c1-3-23-22(30)26-13-17-12-19(16-26)20-7-6-18(21(29)28(20)14-17)15-25(2)9-5-11-27-10-4-8-24-27/h4,6-8,10,17,19H,3,5,9,11-16H2,1-2H3,(H,23,30)/t17-,19+/m0/s1. The van der Waals surface area contributed by atoms with Gasteiger partial charge in [-0.2, -0.15) is 5.10 Å². The summed E-state index contributed by atoms with van der Waals surface area (Å²) in [5.41, 5.74) is 2.06. The van der Waals surface area contributed by atoms with Crippen molar-refractivity contribution in [1.29, 1.82) is 0 Å². The first kappa shape index (κ1) is 20.7. The largest absolute Gasteiger partial charge is 0.338 e. The van der Waals surface area contributed by atoms with E-state index in [2.05, 4.69) is 28.4 Å². The van der Waals surface area contributed by atoms with Gasteiger partial charge in [-0.05, 0) is 51.4 Å². The minimum atomic E-state index is 0.0105. The van der Waals surface area contributed by atoms with Crippen LogP contribution in [-0.4, -0.2) is 63.4 Å². The summed E-state index contributed by atoms with van der Waals surface area (Å²) in [6, 6.07) is 6.04. The number of nitrogens with one attached hydrogen (secondary N) is 1. The summed E-state index contributed by atoms with van der Waals surface area (Å²) in [6.07, 6.45) is 5.81. The van der Waals surface area contributed by atoms with E-state index >= 15 is 0 Å². The molecule has 1 N–H and O–H groups in total. The highest BCUT2D eigenvalue weighted by atomic mass is 16.2. The first-order valence-electron chi connectivity index (χ1n) is 11.0. The number of nitrogens with zero attached hydrogens (tertiary/aromatic N) is 5. The van der Waals surface area contributed by atoms with Crippen LogP contribution in [-0.2, 0) is 19.6 Å². The number of rotatable bonds is 7. The lowest BCUT2D eigenvalue weighted by Gasteiger charge is -2.42. The number of fused-ring (bicyclic) bond motifs is 4. The van der Waals surface area contributed by atoms with Crippen molar-refractivity contribution in [3.63, 3.8) is 0 Å². The molecule has 4 rings (SSSR count). The Morgan fingerprint density at radius 1 is 1.30 bits per heavy atom. The molecule has 0 aromatic carbocycles. The number of carbonyl (C=O) groups is 1. The number of aryl methyl sites for hydroxylation is 1. The second-order valence-electron chi connectivity index (χ2n) is 8.60. The number of amides is 2. The van der Waals surface area contributed by atoms with Gasteiger partial charge in [0.25, 0.3) is 5.56 Å². The van der Waals surface area contributed by atoms with E-state index in [4.69, 9.17) is 0 Å². The number of piperidine rings is 1. The van der Waals surface area contributed by atoms with Crippen LogP contribution in [0.15, 0.2) is 35.4 Å². The fraction of sp³-hybridized carbons (Fsp3) is 0.591. The van der Waals surface area contributed by atoms with Crippen LogP contribution in [0.4, 0.5) is 4.79 Å². The molecule has 0 spiro atoms. The number of aromatic nitrogens is 3. The van der Waals surface area contributed by atoms with Crippen molar-refractivity contribution in [2.75, 3.05) is 33.2 Å². The maximum Gasteiger partial charge on any atom is 0.317 e. The first-order valence-corrected chi connectivity index (χ1v) is 11.0. The van der Waals surface area contributed by atoms with Crippen LogP contribution in [0.2, 0.25) is 0 Å². The van der Waals surface area contributed by atoms with E-state index in [0.29, 0.717) is 32.1 Å². The van der Waals surface area contributed by atoms with Crippen LogP contribution in [0.5, 0.6) is 0 Å². The zero-order chi connectivity index (χ0) is 21.1. The second-order valence-corrected chi connectivity index (χ2v) is 8.60. The first-order chi connectivity index (χ1) is 14.5. The lowest BCUT2D eigenvalue weighted by Crippen LogP contribution is -2.52. The molecule has 2 aromatic heterocycles. The molecule has 0 unspecified atom stereocenters. The van der Waals surface area contributed by atoms with Crippen LogP contribution in [0.1, 0.15) is 36.9 Å². The summed E-state index contributed by atoms with van der Waals surface area (Å²) in [5, 5.41) is 7.13. The molecule has 0 aliphatic carbocycles. The Labute approximate surface area is 177 Å². The quantitative estimate of drug-likeness (QED) is 0.751. The van der Waals surface area contributed by atoms with E-state index in [1.165, 1.54) is 0 Å². The minimum absolute atomic E-state index is 0.0105. The van der Waals surface area contributed by atoms with Crippen molar-refractivity contribution in [2.24, 2.45) is 5.92 Å². The summed E-state index contributed by atoms with van der Waals surface area (Å²) >= 11 is 0. The Kier molecular flexibility index (Phi) is 6.22. The monoisotopic (exact) mass is 412 g/mol. The molecular weight excluding hydrogens is 380 g/mol. The van der Waals surface area contributed by atoms with Crippen molar-refractivity contribution in [3.8, 4) is 0 Å². The van der Waals surface area contributed by atoms with Gasteiger partial charge in [0.15, 0.2) is 0 Å². The van der Waals surface area contributed by atoms with E-state index < -0.39 is 0 Å².